The maximum atomic E-state index is 9.54. The number of hydrogen-bond donors (Lipinski definition) is 3. The van der Waals surface area contributed by atoms with Gasteiger partial charge in [-0.15, -0.1) is 0 Å². The van der Waals surface area contributed by atoms with Crippen LogP contribution in [0.15, 0.2) is 18.2 Å². The molecule has 0 amide bonds. The number of phenolic OH excluding ortho intramolecular Hbond substituents is 2. The van der Waals surface area contributed by atoms with Gasteiger partial charge in [-0.3, -0.25) is 0 Å². The molecule has 0 aliphatic rings. The second kappa shape index (κ2) is 4.14. The highest BCUT2D eigenvalue weighted by atomic mass is 16.3. The summed E-state index contributed by atoms with van der Waals surface area (Å²) < 4.78 is 0. The van der Waals surface area contributed by atoms with Gasteiger partial charge in [0.15, 0.2) is 11.5 Å². The Kier molecular flexibility index (Phi) is 3.14. The molecule has 0 aliphatic heterocycles. The molecule has 0 radical (unpaired) electrons. The molecule has 13 heavy (non-hydrogen) atoms. The van der Waals surface area contributed by atoms with Crippen molar-refractivity contribution >= 4 is 0 Å². The summed E-state index contributed by atoms with van der Waals surface area (Å²) in [6.07, 6.45) is 0.976. The van der Waals surface area contributed by atoms with Crippen LogP contribution in [0, 0.1) is 0 Å². The predicted octanol–water partition coefficient (Wildman–Crippen LogP) is 1.93. The van der Waals surface area contributed by atoms with Crippen molar-refractivity contribution < 1.29 is 15.3 Å². The molecule has 1 aromatic carbocycles. The summed E-state index contributed by atoms with van der Waals surface area (Å²) in [6.45, 7) is 1.98. The summed E-state index contributed by atoms with van der Waals surface area (Å²) in [5.41, 5.74) is 0.636. The van der Waals surface area contributed by atoms with E-state index in [-0.39, 0.29) is 11.5 Å². The molecule has 0 bridgehead atoms. The molecule has 3 N–H and O–H groups in total. The van der Waals surface area contributed by atoms with Gasteiger partial charge < -0.3 is 15.3 Å². The second-order valence-corrected chi connectivity index (χ2v) is 3.05. The van der Waals surface area contributed by atoms with Crippen molar-refractivity contribution in [3.05, 3.63) is 23.8 Å². The first kappa shape index (κ1) is 9.86. The maximum Gasteiger partial charge on any atom is 0.157 e. The lowest BCUT2D eigenvalue weighted by molar-refractivity contribution is 0.166. The van der Waals surface area contributed by atoms with Crippen LogP contribution in [0.5, 0.6) is 11.5 Å². The zero-order valence-electron chi connectivity index (χ0n) is 7.57. The monoisotopic (exact) mass is 182 g/mol. The molecule has 1 aromatic rings. The highest BCUT2D eigenvalue weighted by Gasteiger charge is 2.08. The molecule has 1 atom stereocenters. The molecule has 0 aromatic heterocycles. The van der Waals surface area contributed by atoms with E-state index in [1.165, 1.54) is 12.1 Å². The van der Waals surface area contributed by atoms with Crippen LogP contribution < -0.4 is 0 Å². The molecule has 0 heterocycles. The highest BCUT2D eigenvalue weighted by molar-refractivity contribution is 5.41. The fraction of sp³-hybridized carbons (Fsp3) is 0.400. The van der Waals surface area contributed by atoms with Crippen LogP contribution in [-0.2, 0) is 0 Å². The highest BCUT2D eigenvalue weighted by Crippen LogP contribution is 2.29. The van der Waals surface area contributed by atoms with E-state index in [9.17, 15) is 5.11 Å². The fourth-order valence-corrected chi connectivity index (χ4v) is 1.19. The summed E-state index contributed by atoms with van der Waals surface area (Å²) >= 11 is 0. The van der Waals surface area contributed by atoms with Crippen LogP contribution in [0.4, 0.5) is 0 Å². The molecule has 0 saturated carbocycles. The number of aliphatic hydroxyl groups excluding tert-OH is 1. The third kappa shape index (κ3) is 2.36. The maximum absolute atomic E-state index is 9.54. The normalized spacial score (nSPS) is 12.8. The molecule has 0 unspecified atom stereocenters. The topological polar surface area (TPSA) is 60.7 Å². The van der Waals surface area contributed by atoms with Crippen molar-refractivity contribution in [1.29, 1.82) is 0 Å². The van der Waals surface area contributed by atoms with Crippen LogP contribution in [0.3, 0.4) is 0 Å². The Morgan fingerprint density at radius 3 is 2.46 bits per heavy atom. The molecule has 3 heteroatoms. The quantitative estimate of drug-likeness (QED) is 0.626. The average Bonchev–Trinajstić information content (AvgIpc) is 2.10. The van der Waals surface area contributed by atoms with Crippen LogP contribution in [0.2, 0.25) is 0 Å². The molecule has 0 aliphatic carbocycles. The van der Waals surface area contributed by atoms with E-state index in [2.05, 4.69) is 0 Å². The summed E-state index contributed by atoms with van der Waals surface area (Å²) in [5, 5.41) is 27.7. The Morgan fingerprint density at radius 2 is 1.92 bits per heavy atom. The molecular weight excluding hydrogens is 168 g/mol. The molecule has 0 saturated heterocycles. The lowest BCUT2D eigenvalue weighted by atomic mass is 10.0. The molecule has 1 rings (SSSR count). The van der Waals surface area contributed by atoms with E-state index >= 15 is 0 Å². The number of aliphatic hydroxyl groups is 1. The van der Waals surface area contributed by atoms with E-state index in [1.807, 2.05) is 6.92 Å². The minimum atomic E-state index is -0.559. The van der Waals surface area contributed by atoms with Crippen LogP contribution in [-0.4, -0.2) is 15.3 Å². The summed E-state index contributed by atoms with van der Waals surface area (Å²) in [6, 6.07) is 4.37. The zero-order chi connectivity index (χ0) is 9.84. The van der Waals surface area contributed by atoms with Crippen molar-refractivity contribution in [1.82, 2.24) is 0 Å². The third-order valence-corrected chi connectivity index (χ3v) is 1.95. The predicted molar refractivity (Wildman–Crippen MR) is 49.6 cm³/mol. The van der Waals surface area contributed by atoms with Crippen molar-refractivity contribution in [2.24, 2.45) is 0 Å². The van der Waals surface area contributed by atoms with Crippen molar-refractivity contribution in [2.45, 2.75) is 25.9 Å². The molecule has 3 nitrogen and oxygen atoms in total. The van der Waals surface area contributed by atoms with E-state index in [4.69, 9.17) is 10.2 Å². The lowest BCUT2D eigenvalue weighted by Crippen LogP contribution is -1.95. The van der Waals surface area contributed by atoms with Gasteiger partial charge >= 0.3 is 0 Å². The largest absolute Gasteiger partial charge is 0.504 e. The SMILES string of the molecule is CCC[C@@H](O)c1ccc(O)c(O)c1. The van der Waals surface area contributed by atoms with Crippen LogP contribution in [0.1, 0.15) is 31.4 Å². The molecular formula is C10H14O3. The van der Waals surface area contributed by atoms with Crippen molar-refractivity contribution in [2.75, 3.05) is 0 Å². The minimum absolute atomic E-state index is 0.160. The Hall–Kier alpha value is -1.22. The molecule has 0 fully saturated rings. The second-order valence-electron chi connectivity index (χ2n) is 3.05. The number of aromatic hydroxyl groups is 2. The van der Waals surface area contributed by atoms with Gasteiger partial charge in [-0.1, -0.05) is 19.4 Å². The van der Waals surface area contributed by atoms with Gasteiger partial charge in [0.1, 0.15) is 0 Å². The van der Waals surface area contributed by atoms with Gasteiger partial charge in [0.2, 0.25) is 0 Å². The van der Waals surface area contributed by atoms with Gasteiger partial charge in [-0.25, -0.2) is 0 Å². The van der Waals surface area contributed by atoms with E-state index in [0.717, 1.165) is 6.42 Å². The van der Waals surface area contributed by atoms with Crippen LogP contribution in [0.25, 0.3) is 0 Å². The first-order valence-corrected chi connectivity index (χ1v) is 4.35. The summed E-state index contributed by atoms with van der Waals surface area (Å²) in [4.78, 5) is 0. The third-order valence-electron chi connectivity index (χ3n) is 1.95. The minimum Gasteiger partial charge on any atom is -0.504 e. The summed E-state index contributed by atoms with van der Waals surface area (Å²) in [7, 11) is 0. The number of benzene rings is 1. The van der Waals surface area contributed by atoms with E-state index in [0.29, 0.717) is 12.0 Å². The smallest absolute Gasteiger partial charge is 0.157 e. The number of phenols is 2. The van der Waals surface area contributed by atoms with Gasteiger partial charge in [0.05, 0.1) is 6.10 Å². The van der Waals surface area contributed by atoms with Gasteiger partial charge in [-0.2, -0.15) is 0 Å². The lowest BCUT2D eigenvalue weighted by Gasteiger charge is -2.09. The molecule has 72 valence electrons. The van der Waals surface area contributed by atoms with E-state index < -0.39 is 6.10 Å². The Balaban J connectivity index is 2.84. The average molecular weight is 182 g/mol. The van der Waals surface area contributed by atoms with Gasteiger partial charge in [0.25, 0.3) is 0 Å². The van der Waals surface area contributed by atoms with Gasteiger partial charge in [-0.05, 0) is 24.1 Å². The Bertz CT molecular complexity index is 283. The van der Waals surface area contributed by atoms with Crippen molar-refractivity contribution in [3.63, 3.8) is 0 Å². The number of hydrogen-bond acceptors (Lipinski definition) is 3. The Morgan fingerprint density at radius 1 is 1.23 bits per heavy atom. The first-order chi connectivity index (χ1) is 6.15. The number of rotatable bonds is 3. The van der Waals surface area contributed by atoms with Crippen LogP contribution >= 0.6 is 0 Å². The summed E-state index contributed by atoms with van der Waals surface area (Å²) in [5.74, 6) is -0.347. The zero-order valence-corrected chi connectivity index (χ0v) is 7.57. The van der Waals surface area contributed by atoms with Crippen molar-refractivity contribution in [3.8, 4) is 11.5 Å². The van der Waals surface area contributed by atoms with E-state index in [1.54, 1.807) is 6.07 Å². The Labute approximate surface area is 77.3 Å². The van der Waals surface area contributed by atoms with Gasteiger partial charge in [0, 0.05) is 0 Å². The fourth-order valence-electron chi connectivity index (χ4n) is 1.19. The first-order valence-electron chi connectivity index (χ1n) is 4.35. The standard InChI is InChI=1S/C10H14O3/c1-2-3-8(11)7-4-5-9(12)10(13)6-7/h4-6,8,11-13H,2-3H2,1H3/t8-/m1/s1. The molecule has 0 spiro atoms.